The Labute approximate surface area is 193 Å². The number of halogens is 5. The number of imide groups is 1. The number of rotatable bonds is 8. The van der Waals surface area contributed by atoms with Gasteiger partial charge >= 0.3 is 5.97 Å². The van der Waals surface area contributed by atoms with Crippen molar-refractivity contribution < 1.29 is 45.9 Å². The summed E-state index contributed by atoms with van der Waals surface area (Å²) in [6.07, 6.45) is 0. The predicted octanol–water partition coefficient (Wildman–Crippen LogP) is 2.74. The summed E-state index contributed by atoms with van der Waals surface area (Å²) in [5.74, 6) is -17.1. The van der Waals surface area contributed by atoms with Gasteiger partial charge in [0.15, 0.2) is 0 Å². The normalized spacial score (nSPS) is 12.7. The Bertz CT molecular complexity index is 1180. The first-order valence-electron chi connectivity index (χ1n) is 9.56. The maximum atomic E-state index is 13.5. The van der Waals surface area contributed by atoms with Gasteiger partial charge in [0.1, 0.15) is 0 Å². The number of nitrogens with one attached hydrogen (secondary N) is 1. The van der Waals surface area contributed by atoms with Crippen LogP contribution in [0.3, 0.4) is 0 Å². The molecule has 0 aliphatic carbocycles. The third-order valence-corrected chi connectivity index (χ3v) is 5.53. The van der Waals surface area contributed by atoms with Gasteiger partial charge in [-0.15, -0.1) is 11.8 Å². The number of hydrogen-bond acceptors (Lipinski definition) is 6. The van der Waals surface area contributed by atoms with Crippen LogP contribution in [0.25, 0.3) is 0 Å². The van der Waals surface area contributed by atoms with E-state index in [9.17, 15) is 41.1 Å². The molecule has 0 fully saturated rings. The van der Waals surface area contributed by atoms with Gasteiger partial charge in [0.25, 0.3) is 11.8 Å². The summed E-state index contributed by atoms with van der Waals surface area (Å²) in [5, 5.41) is 2.43. The second-order valence-corrected chi connectivity index (χ2v) is 8.01. The van der Waals surface area contributed by atoms with Gasteiger partial charge in [-0.1, -0.05) is 11.6 Å². The second kappa shape index (κ2) is 10.2. The molecule has 0 saturated heterocycles. The van der Waals surface area contributed by atoms with Gasteiger partial charge in [0.2, 0.25) is 40.7 Å². The smallest absolute Gasteiger partial charge is 0.321 e. The number of fused-ring (bicyclic) bond motifs is 1. The van der Waals surface area contributed by atoms with Crippen molar-refractivity contribution in [2.75, 3.05) is 24.6 Å². The fourth-order valence-electron chi connectivity index (χ4n) is 3.01. The average Bonchev–Trinajstić information content (AvgIpc) is 3.03. The van der Waals surface area contributed by atoms with Crippen LogP contribution in [-0.2, 0) is 9.59 Å². The maximum Gasteiger partial charge on any atom is 0.321 e. The lowest BCUT2D eigenvalue weighted by molar-refractivity contribution is -0.131. The average molecular weight is 502 g/mol. The van der Waals surface area contributed by atoms with Crippen LogP contribution in [0.4, 0.5) is 22.0 Å². The Morgan fingerprint density at radius 3 is 2.15 bits per heavy atom. The first kappa shape index (κ1) is 25.1. The maximum absolute atomic E-state index is 13.5. The molecule has 0 atom stereocenters. The first-order chi connectivity index (χ1) is 16.0. The fraction of sp³-hybridized carbons (Fsp3) is 0.238. The summed E-state index contributed by atoms with van der Waals surface area (Å²) in [4.78, 5) is 49.2. The van der Waals surface area contributed by atoms with Gasteiger partial charge in [0.05, 0.1) is 22.6 Å². The van der Waals surface area contributed by atoms with Crippen molar-refractivity contribution in [3.05, 3.63) is 64.0 Å². The van der Waals surface area contributed by atoms with Gasteiger partial charge in [-0.05, 0) is 19.1 Å². The van der Waals surface area contributed by atoms with E-state index in [1.165, 1.54) is 0 Å². The zero-order chi connectivity index (χ0) is 25.2. The lowest BCUT2D eigenvalue weighted by Gasteiger charge is -2.14. The van der Waals surface area contributed by atoms with Gasteiger partial charge in [-0.3, -0.25) is 24.1 Å². The summed E-state index contributed by atoms with van der Waals surface area (Å²) in [6.45, 7) is 1.61. The summed E-state index contributed by atoms with van der Waals surface area (Å²) in [6, 6.07) is 4.84. The van der Waals surface area contributed by atoms with Crippen molar-refractivity contribution >= 4 is 35.5 Å². The van der Waals surface area contributed by atoms with Crippen LogP contribution < -0.4 is 10.1 Å². The fourth-order valence-corrected chi connectivity index (χ4v) is 3.63. The van der Waals surface area contributed by atoms with Crippen LogP contribution in [0.15, 0.2) is 18.2 Å². The number of ether oxygens (including phenoxy) is 1. The molecule has 0 saturated carbocycles. The lowest BCUT2D eigenvalue weighted by atomic mass is 10.1. The molecule has 0 radical (unpaired) electrons. The molecule has 13 heteroatoms. The van der Waals surface area contributed by atoms with E-state index in [-0.39, 0.29) is 30.0 Å². The van der Waals surface area contributed by atoms with E-state index in [4.69, 9.17) is 0 Å². The van der Waals surface area contributed by atoms with Crippen LogP contribution in [0.1, 0.15) is 26.3 Å². The van der Waals surface area contributed by atoms with Crippen molar-refractivity contribution in [1.82, 2.24) is 10.2 Å². The molecule has 1 aliphatic heterocycles. The van der Waals surface area contributed by atoms with E-state index in [2.05, 4.69) is 10.1 Å². The SMILES string of the molecule is Cc1ccc2c(c1)C(=O)N(CCNC(=O)CSCC(=O)Oc1c(F)c(F)c(F)c(F)c1F)C2=O. The van der Waals surface area contributed by atoms with Crippen LogP contribution in [0, 0.1) is 36.0 Å². The Morgan fingerprint density at radius 1 is 0.912 bits per heavy atom. The molecule has 7 nitrogen and oxygen atoms in total. The minimum Gasteiger partial charge on any atom is -0.419 e. The van der Waals surface area contributed by atoms with Crippen molar-refractivity contribution in [2.24, 2.45) is 0 Å². The second-order valence-electron chi connectivity index (χ2n) is 7.03. The lowest BCUT2D eigenvalue weighted by Crippen LogP contribution is -2.38. The van der Waals surface area contributed by atoms with Gasteiger partial charge in [-0.25, -0.2) is 13.2 Å². The number of benzene rings is 2. The topological polar surface area (TPSA) is 92.8 Å². The summed E-state index contributed by atoms with van der Waals surface area (Å²) < 4.78 is 70.5. The third-order valence-electron chi connectivity index (χ3n) is 4.62. The number of carbonyl (C=O) groups excluding carboxylic acids is 4. The van der Waals surface area contributed by atoms with E-state index in [1.54, 1.807) is 25.1 Å². The van der Waals surface area contributed by atoms with E-state index in [0.717, 1.165) is 10.5 Å². The van der Waals surface area contributed by atoms with Crippen LogP contribution in [0.5, 0.6) is 5.75 Å². The number of thioether (sulfide) groups is 1. The van der Waals surface area contributed by atoms with E-state index < -0.39 is 64.3 Å². The van der Waals surface area contributed by atoms with Crippen LogP contribution >= 0.6 is 11.8 Å². The minimum atomic E-state index is -2.39. The zero-order valence-corrected chi connectivity index (χ0v) is 18.2. The third kappa shape index (κ3) is 5.03. The van der Waals surface area contributed by atoms with Crippen molar-refractivity contribution in [1.29, 1.82) is 0 Å². The Morgan fingerprint density at radius 2 is 1.50 bits per heavy atom. The van der Waals surface area contributed by atoms with Crippen molar-refractivity contribution in [2.45, 2.75) is 6.92 Å². The Balaban J connectivity index is 1.43. The quantitative estimate of drug-likeness (QED) is 0.149. The molecular formula is C21H15F5N2O5S. The van der Waals surface area contributed by atoms with Crippen molar-refractivity contribution in [3.8, 4) is 5.75 Å². The highest BCUT2D eigenvalue weighted by Gasteiger charge is 2.35. The van der Waals surface area contributed by atoms with Gasteiger partial charge < -0.3 is 10.1 Å². The molecule has 2 aromatic rings. The number of aryl methyl sites for hydroxylation is 1. The number of nitrogens with zero attached hydrogens (tertiary/aromatic N) is 1. The Hall–Kier alpha value is -3.48. The van der Waals surface area contributed by atoms with E-state index >= 15 is 0 Å². The largest absolute Gasteiger partial charge is 0.419 e. The van der Waals surface area contributed by atoms with Crippen molar-refractivity contribution in [3.63, 3.8) is 0 Å². The summed E-state index contributed by atoms with van der Waals surface area (Å²) in [7, 11) is 0. The standard InChI is InChI=1S/C21H15F5N2O5S/c1-9-2-3-10-11(6-9)21(32)28(20(10)31)5-4-27-12(29)7-34-8-13(30)33-19-17(25)15(23)14(22)16(24)18(19)26/h2-3,6H,4-5,7-8H2,1H3,(H,27,29). The highest BCUT2D eigenvalue weighted by atomic mass is 32.2. The molecule has 180 valence electrons. The number of hydrogen-bond donors (Lipinski definition) is 1. The van der Waals surface area contributed by atoms with E-state index in [0.29, 0.717) is 11.8 Å². The molecule has 0 aromatic heterocycles. The highest BCUT2D eigenvalue weighted by Crippen LogP contribution is 2.29. The molecule has 2 aromatic carbocycles. The zero-order valence-electron chi connectivity index (χ0n) is 17.3. The molecule has 3 amide bonds. The molecule has 0 unspecified atom stereocenters. The highest BCUT2D eigenvalue weighted by molar-refractivity contribution is 8.00. The summed E-state index contributed by atoms with van der Waals surface area (Å²) in [5.41, 5.74) is 1.36. The summed E-state index contributed by atoms with van der Waals surface area (Å²) >= 11 is 0.647. The molecule has 3 rings (SSSR count). The van der Waals surface area contributed by atoms with Crippen LogP contribution in [0.2, 0.25) is 0 Å². The Kier molecular flexibility index (Phi) is 7.54. The number of carbonyl (C=O) groups is 4. The molecule has 0 bridgehead atoms. The predicted molar refractivity (Wildman–Crippen MR) is 109 cm³/mol. The molecule has 1 N–H and O–H groups in total. The molecule has 1 heterocycles. The molecule has 0 spiro atoms. The monoisotopic (exact) mass is 502 g/mol. The van der Waals surface area contributed by atoms with Gasteiger partial charge in [0, 0.05) is 13.1 Å². The molecule has 1 aliphatic rings. The van der Waals surface area contributed by atoms with E-state index in [1.807, 2.05) is 0 Å². The molecular weight excluding hydrogens is 487 g/mol. The number of amides is 3. The van der Waals surface area contributed by atoms with Crippen LogP contribution in [-0.4, -0.2) is 53.2 Å². The number of esters is 1. The minimum absolute atomic E-state index is 0.0706. The van der Waals surface area contributed by atoms with Gasteiger partial charge in [-0.2, -0.15) is 8.78 Å². The first-order valence-corrected chi connectivity index (χ1v) is 10.7. The molecule has 34 heavy (non-hydrogen) atoms.